The number of halogens is 3. The number of rotatable bonds is 14. The molecule has 4 aromatic carbocycles. The molecule has 0 saturated carbocycles. The van der Waals surface area contributed by atoms with Crippen LogP contribution in [0, 0.1) is 0 Å². The van der Waals surface area contributed by atoms with Crippen LogP contribution in [0.3, 0.4) is 0 Å². The zero-order valence-electron chi connectivity index (χ0n) is 27.6. The van der Waals surface area contributed by atoms with Crippen molar-refractivity contribution in [2.75, 3.05) is 6.61 Å². The predicted octanol–water partition coefficient (Wildman–Crippen LogP) is 6.33. The molecule has 0 aliphatic carbocycles. The van der Waals surface area contributed by atoms with Gasteiger partial charge in [0.2, 0.25) is 0 Å². The van der Waals surface area contributed by atoms with Gasteiger partial charge < -0.3 is 19.3 Å². The van der Waals surface area contributed by atoms with Crippen LogP contribution in [0.5, 0.6) is 0 Å². The van der Waals surface area contributed by atoms with Crippen molar-refractivity contribution in [2.45, 2.75) is 67.0 Å². The fourth-order valence-corrected chi connectivity index (χ4v) is 8.21. The lowest BCUT2D eigenvalue weighted by Crippen LogP contribution is -2.59. The maximum atomic E-state index is 14.1. The van der Waals surface area contributed by atoms with Gasteiger partial charge in [0.15, 0.2) is 6.29 Å². The molecule has 15 heteroatoms. The Kier molecular flexibility index (Phi) is 11.2. The van der Waals surface area contributed by atoms with Gasteiger partial charge in [0, 0.05) is 17.5 Å². The molecule has 52 heavy (non-hydrogen) atoms. The lowest BCUT2D eigenvalue weighted by atomic mass is 9.85. The van der Waals surface area contributed by atoms with Crippen molar-refractivity contribution in [2.24, 2.45) is 0 Å². The number of aliphatic hydroxyl groups excluding tert-OH is 1. The fraction of sp³-hybridized carbons (Fsp3) is 0.297. The van der Waals surface area contributed by atoms with E-state index in [0.29, 0.717) is 22.2 Å². The van der Waals surface area contributed by atoms with Crippen molar-refractivity contribution < 1.29 is 53.5 Å². The van der Waals surface area contributed by atoms with Gasteiger partial charge in [-0.2, -0.15) is 21.6 Å². The molecule has 1 aromatic heterocycles. The van der Waals surface area contributed by atoms with Crippen LogP contribution in [0.4, 0.5) is 13.2 Å². The van der Waals surface area contributed by atoms with Crippen molar-refractivity contribution in [3.8, 4) is 0 Å². The van der Waals surface area contributed by atoms with Crippen LogP contribution >= 0.6 is 0 Å². The third kappa shape index (κ3) is 8.26. The molecule has 1 aliphatic rings. The second-order valence-electron chi connectivity index (χ2n) is 12.4. The maximum absolute atomic E-state index is 14.1. The quantitative estimate of drug-likeness (QED) is 0.102. The number of aromatic nitrogens is 1. The number of nitrogens with zero attached hydrogens (tertiary/aromatic N) is 1. The van der Waals surface area contributed by atoms with Crippen LogP contribution in [0.2, 0.25) is 0 Å². The highest BCUT2D eigenvalue weighted by Crippen LogP contribution is 2.39. The first-order valence-corrected chi connectivity index (χ1v) is 19.2. The summed E-state index contributed by atoms with van der Waals surface area (Å²) in [5, 5.41) is 12.3. The van der Waals surface area contributed by atoms with Gasteiger partial charge in [-0.25, -0.2) is 12.4 Å². The Balaban J connectivity index is 1.36. The number of hydrogen-bond donors (Lipinski definition) is 1. The number of para-hydroxylation sites is 1. The molecule has 6 rings (SSSR count). The van der Waals surface area contributed by atoms with E-state index >= 15 is 0 Å². The molecular weight excluding hydrogens is 724 g/mol. The third-order valence-corrected chi connectivity index (χ3v) is 11.7. The Morgan fingerprint density at radius 1 is 0.808 bits per heavy atom. The molecular formula is C37H36F3NO9S2. The third-order valence-electron chi connectivity index (χ3n) is 8.89. The van der Waals surface area contributed by atoms with Gasteiger partial charge in [0.05, 0.1) is 36.3 Å². The Hall–Kier alpha value is -4.09. The van der Waals surface area contributed by atoms with Crippen LogP contribution in [0.25, 0.3) is 10.9 Å². The minimum Gasteiger partial charge on any atom is -0.371 e. The summed E-state index contributed by atoms with van der Waals surface area (Å²) in [6.07, 6.45) is -4.61. The van der Waals surface area contributed by atoms with E-state index in [4.69, 9.17) is 14.2 Å². The first-order chi connectivity index (χ1) is 24.8. The molecule has 1 saturated heterocycles. The molecule has 1 aliphatic heterocycles. The summed E-state index contributed by atoms with van der Waals surface area (Å²) < 4.78 is 115. The van der Waals surface area contributed by atoms with Gasteiger partial charge in [-0.15, -0.1) is 0 Å². The average Bonchev–Trinajstić information content (AvgIpc) is 3.53. The zero-order valence-corrected chi connectivity index (χ0v) is 29.3. The van der Waals surface area contributed by atoms with Gasteiger partial charge in [-0.3, -0.25) is 4.18 Å². The monoisotopic (exact) mass is 759 g/mol. The Labute approximate surface area is 299 Å². The summed E-state index contributed by atoms with van der Waals surface area (Å²) in [4.78, 5) is 0.0692. The standard InChI is InChI=1S/C37H36F3NO9S2/c38-37(39,40)52(45,46)49-26-34-33(47-24-27-12-4-1-5-13-27)23-36(35(42)50-34,48-25-28-14-6-2-7-15-28)21-20-30-22-29-16-10-11-19-32(29)41(30)51(43,44)31-17-8-3-9-18-31/h1-19,22,33-35,42H,20-21,23-26H2/t33-,34+,35+,36+/m0/s1. The summed E-state index contributed by atoms with van der Waals surface area (Å²) in [5.74, 6) is 0. The van der Waals surface area contributed by atoms with Gasteiger partial charge in [-0.1, -0.05) is 97.1 Å². The molecule has 1 N–H and O–H groups in total. The summed E-state index contributed by atoms with van der Waals surface area (Å²) >= 11 is 0. The highest BCUT2D eigenvalue weighted by Gasteiger charge is 2.52. The van der Waals surface area contributed by atoms with Crippen molar-refractivity contribution >= 4 is 31.0 Å². The second kappa shape index (κ2) is 15.5. The van der Waals surface area contributed by atoms with E-state index in [1.54, 1.807) is 103 Å². The van der Waals surface area contributed by atoms with E-state index in [-0.39, 0.29) is 37.4 Å². The molecule has 5 aromatic rings. The first-order valence-electron chi connectivity index (χ1n) is 16.3. The number of aliphatic hydroxyl groups is 1. The number of benzene rings is 4. The zero-order chi connectivity index (χ0) is 37.0. The molecule has 0 unspecified atom stereocenters. The number of ether oxygens (including phenoxy) is 3. The number of fused-ring (bicyclic) bond motifs is 1. The van der Waals surface area contributed by atoms with E-state index in [1.165, 1.54) is 16.1 Å². The molecule has 10 nitrogen and oxygen atoms in total. The Morgan fingerprint density at radius 3 is 2.02 bits per heavy atom. The molecule has 1 fully saturated rings. The molecule has 2 heterocycles. The van der Waals surface area contributed by atoms with E-state index in [0.717, 1.165) is 5.56 Å². The van der Waals surface area contributed by atoms with Crippen LogP contribution in [-0.2, 0) is 58.2 Å². The van der Waals surface area contributed by atoms with Crippen LogP contribution in [0.1, 0.15) is 29.7 Å². The summed E-state index contributed by atoms with van der Waals surface area (Å²) in [5.41, 5.74) is -5.03. The van der Waals surface area contributed by atoms with Gasteiger partial charge >= 0.3 is 15.6 Å². The van der Waals surface area contributed by atoms with Gasteiger partial charge in [0.1, 0.15) is 11.7 Å². The van der Waals surface area contributed by atoms with Crippen LogP contribution < -0.4 is 0 Å². The molecule has 0 bridgehead atoms. The summed E-state index contributed by atoms with van der Waals surface area (Å²) in [6, 6.07) is 34.5. The Morgan fingerprint density at radius 2 is 1.38 bits per heavy atom. The van der Waals surface area contributed by atoms with Crippen LogP contribution in [0.15, 0.2) is 126 Å². The van der Waals surface area contributed by atoms with E-state index < -0.39 is 56.4 Å². The smallest absolute Gasteiger partial charge is 0.371 e. The van der Waals surface area contributed by atoms with Crippen molar-refractivity contribution in [3.63, 3.8) is 0 Å². The molecule has 4 atom stereocenters. The lowest BCUT2D eigenvalue weighted by molar-refractivity contribution is -0.314. The summed E-state index contributed by atoms with van der Waals surface area (Å²) in [6.45, 7) is -1.16. The van der Waals surface area contributed by atoms with Gasteiger partial charge in [0.25, 0.3) is 10.0 Å². The van der Waals surface area contributed by atoms with Crippen molar-refractivity contribution in [3.05, 3.63) is 138 Å². The minimum absolute atomic E-state index is 0.0262. The minimum atomic E-state index is -5.99. The molecule has 0 spiro atoms. The Bertz CT molecular complexity index is 2170. The second-order valence-corrected chi connectivity index (χ2v) is 15.8. The topological polar surface area (TPSA) is 130 Å². The molecule has 0 amide bonds. The molecule has 0 radical (unpaired) electrons. The SMILES string of the molecule is O=S(=O)(c1ccccc1)n1c(CC[C@@]2(OCc3ccccc3)C[C@H](OCc3ccccc3)[C@@H](COS(=O)(=O)C(F)(F)F)O[C@H]2O)cc2ccccc21. The maximum Gasteiger partial charge on any atom is 0.523 e. The van der Waals surface area contributed by atoms with Crippen molar-refractivity contribution in [1.29, 1.82) is 0 Å². The number of alkyl halides is 3. The predicted molar refractivity (Wildman–Crippen MR) is 185 cm³/mol. The van der Waals surface area contributed by atoms with Gasteiger partial charge in [-0.05, 0) is 48.2 Å². The lowest BCUT2D eigenvalue weighted by Gasteiger charge is -2.47. The van der Waals surface area contributed by atoms with Crippen LogP contribution in [-0.4, -0.2) is 62.1 Å². The van der Waals surface area contributed by atoms with E-state index in [1.807, 2.05) is 6.07 Å². The highest BCUT2D eigenvalue weighted by molar-refractivity contribution is 7.90. The highest BCUT2D eigenvalue weighted by atomic mass is 32.2. The fourth-order valence-electron chi connectivity index (χ4n) is 6.18. The van der Waals surface area contributed by atoms with E-state index in [2.05, 4.69) is 4.18 Å². The average molecular weight is 760 g/mol. The number of hydrogen-bond acceptors (Lipinski definition) is 9. The largest absolute Gasteiger partial charge is 0.523 e. The molecule has 276 valence electrons. The van der Waals surface area contributed by atoms with E-state index in [9.17, 15) is 35.1 Å². The first kappa shape index (κ1) is 37.7. The van der Waals surface area contributed by atoms with Crippen molar-refractivity contribution in [1.82, 2.24) is 3.97 Å². The normalized spacial score (nSPS) is 21.3. The summed E-state index contributed by atoms with van der Waals surface area (Å²) in [7, 11) is -10.1. The number of aryl methyl sites for hydroxylation is 1.